The lowest BCUT2D eigenvalue weighted by Gasteiger charge is -2.11. The molecule has 3 aromatic heterocycles. The number of H-pyrrole nitrogens is 1. The zero-order valence-corrected chi connectivity index (χ0v) is 16.3. The van der Waals surface area contributed by atoms with Crippen molar-refractivity contribution >= 4 is 11.6 Å². The van der Waals surface area contributed by atoms with Gasteiger partial charge in [-0.05, 0) is 41.1 Å². The molecular weight excluding hydrogens is 398 g/mol. The second-order valence-electron chi connectivity index (χ2n) is 6.04. The summed E-state index contributed by atoms with van der Waals surface area (Å²) >= 11 is 5.91. The van der Waals surface area contributed by atoms with Crippen LogP contribution in [-0.4, -0.2) is 42.1 Å². The van der Waals surface area contributed by atoms with Gasteiger partial charge in [-0.3, -0.25) is 0 Å². The predicted molar refractivity (Wildman–Crippen MR) is 104 cm³/mol. The number of aryl methyl sites for hydroxylation is 1. The number of rotatable bonds is 6. The molecule has 4 aromatic rings. The molecule has 29 heavy (non-hydrogen) atoms. The third kappa shape index (κ3) is 3.69. The normalized spacial score (nSPS) is 10.9. The molecule has 0 amide bonds. The number of ether oxygens (including phenoxy) is 2. The molecule has 0 spiro atoms. The number of methoxy groups -OCH3 is 1. The maximum atomic E-state index is 11.9. The first kappa shape index (κ1) is 18.7. The first-order valence-corrected chi connectivity index (χ1v) is 8.93. The minimum absolute atomic E-state index is 0.189. The van der Waals surface area contributed by atoms with E-state index in [1.54, 1.807) is 35.1 Å². The highest BCUT2D eigenvalue weighted by atomic mass is 35.5. The number of nitrogens with zero attached hydrogens (tertiary/aromatic N) is 6. The topological polar surface area (TPSA) is 113 Å². The fraction of sp³-hybridized carbons (Fsp3) is 0.167. The van der Waals surface area contributed by atoms with E-state index in [0.717, 1.165) is 11.1 Å². The van der Waals surface area contributed by atoms with Gasteiger partial charge in [0.1, 0.15) is 17.4 Å². The molecule has 0 aliphatic heterocycles. The quantitative estimate of drug-likeness (QED) is 0.481. The number of tetrazole rings is 1. The molecule has 3 heterocycles. The zero-order chi connectivity index (χ0) is 20.4. The Labute approximate surface area is 169 Å². The van der Waals surface area contributed by atoms with Crippen LogP contribution in [0, 0.1) is 6.92 Å². The number of aromatic amines is 1. The number of pyridine rings is 1. The van der Waals surface area contributed by atoms with Crippen molar-refractivity contribution in [3.05, 3.63) is 69.4 Å². The summed E-state index contributed by atoms with van der Waals surface area (Å²) in [6.07, 6.45) is 1.73. The highest BCUT2D eigenvalue weighted by Crippen LogP contribution is 2.24. The lowest BCUT2D eigenvalue weighted by Crippen LogP contribution is -2.18. The van der Waals surface area contributed by atoms with Gasteiger partial charge in [0.05, 0.1) is 12.8 Å². The molecule has 0 unspecified atom stereocenters. The smallest absolute Gasteiger partial charge is 0.365 e. The van der Waals surface area contributed by atoms with Gasteiger partial charge in [0.15, 0.2) is 0 Å². The van der Waals surface area contributed by atoms with Gasteiger partial charge in [-0.25, -0.2) is 14.6 Å². The van der Waals surface area contributed by atoms with E-state index >= 15 is 0 Å². The van der Waals surface area contributed by atoms with Gasteiger partial charge in [-0.1, -0.05) is 23.7 Å². The van der Waals surface area contributed by atoms with Crippen molar-refractivity contribution in [3.8, 4) is 23.1 Å². The highest BCUT2D eigenvalue weighted by molar-refractivity contribution is 6.29. The van der Waals surface area contributed by atoms with Crippen LogP contribution >= 0.6 is 11.6 Å². The monoisotopic (exact) mass is 413 g/mol. The van der Waals surface area contributed by atoms with Crippen molar-refractivity contribution in [2.45, 2.75) is 13.5 Å². The van der Waals surface area contributed by atoms with E-state index in [2.05, 4.69) is 25.6 Å². The van der Waals surface area contributed by atoms with Crippen molar-refractivity contribution in [3.63, 3.8) is 0 Å². The minimum Gasteiger partial charge on any atom is -0.479 e. The molecule has 148 valence electrons. The van der Waals surface area contributed by atoms with E-state index in [1.165, 1.54) is 11.8 Å². The SMILES string of the molecule is COc1nc(Cl)ccc1-n1ccc(OCc2c(C)cccc2-n2nn[nH]c2=O)n1. The molecule has 0 fully saturated rings. The summed E-state index contributed by atoms with van der Waals surface area (Å²) in [6.45, 7) is 2.12. The number of benzene rings is 1. The van der Waals surface area contributed by atoms with Gasteiger partial charge in [-0.15, -0.1) is 5.10 Å². The van der Waals surface area contributed by atoms with Gasteiger partial charge in [-0.2, -0.15) is 9.67 Å². The minimum atomic E-state index is -0.427. The summed E-state index contributed by atoms with van der Waals surface area (Å²) in [6, 6.07) is 10.7. The molecule has 0 radical (unpaired) electrons. The Balaban J connectivity index is 1.59. The number of hydrogen-bond donors (Lipinski definition) is 1. The Morgan fingerprint density at radius 3 is 2.79 bits per heavy atom. The van der Waals surface area contributed by atoms with Gasteiger partial charge in [0.2, 0.25) is 11.8 Å². The standard InChI is InChI=1S/C18H16ClN7O3/c1-11-4-3-5-13(26-18(27)21-23-24-26)12(11)10-29-16-8-9-25(22-16)14-6-7-15(19)20-17(14)28-2/h3-9H,10H2,1-2H3,(H,21,24,27). The third-order valence-electron chi connectivity index (χ3n) is 4.26. The molecule has 0 aliphatic rings. The van der Waals surface area contributed by atoms with Crippen LogP contribution in [0.2, 0.25) is 5.15 Å². The van der Waals surface area contributed by atoms with Gasteiger partial charge >= 0.3 is 5.69 Å². The molecule has 1 N–H and O–H groups in total. The fourth-order valence-electron chi connectivity index (χ4n) is 2.83. The first-order valence-electron chi connectivity index (χ1n) is 8.55. The summed E-state index contributed by atoms with van der Waals surface area (Å²) < 4.78 is 13.9. The summed E-state index contributed by atoms with van der Waals surface area (Å²) in [7, 11) is 1.51. The van der Waals surface area contributed by atoms with Gasteiger partial charge in [0.25, 0.3) is 0 Å². The number of hydrogen-bond acceptors (Lipinski definition) is 7. The average Bonchev–Trinajstić information content (AvgIpc) is 3.35. The van der Waals surface area contributed by atoms with Gasteiger partial charge < -0.3 is 9.47 Å². The van der Waals surface area contributed by atoms with E-state index in [1.807, 2.05) is 19.1 Å². The van der Waals surface area contributed by atoms with E-state index in [0.29, 0.717) is 28.3 Å². The fourth-order valence-corrected chi connectivity index (χ4v) is 2.97. The average molecular weight is 414 g/mol. The number of halogens is 1. The molecular formula is C18H16ClN7O3. The largest absolute Gasteiger partial charge is 0.479 e. The number of aromatic nitrogens is 7. The van der Waals surface area contributed by atoms with Crippen LogP contribution in [0.15, 0.2) is 47.4 Å². The van der Waals surface area contributed by atoms with Crippen LogP contribution in [-0.2, 0) is 6.61 Å². The molecule has 10 nitrogen and oxygen atoms in total. The molecule has 0 saturated heterocycles. The van der Waals surface area contributed by atoms with Crippen LogP contribution in [0.4, 0.5) is 0 Å². The molecule has 4 rings (SSSR count). The second-order valence-corrected chi connectivity index (χ2v) is 6.43. The molecule has 1 aromatic carbocycles. The summed E-state index contributed by atoms with van der Waals surface area (Å²) in [5.74, 6) is 0.738. The van der Waals surface area contributed by atoms with Crippen molar-refractivity contribution < 1.29 is 9.47 Å². The Hall–Kier alpha value is -3.66. The Bertz CT molecular complexity index is 1210. The van der Waals surface area contributed by atoms with Crippen LogP contribution in [0.1, 0.15) is 11.1 Å². The van der Waals surface area contributed by atoms with Crippen LogP contribution in [0.25, 0.3) is 11.4 Å². The summed E-state index contributed by atoms with van der Waals surface area (Å²) in [4.78, 5) is 16.0. The first-order chi connectivity index (χ1) is 14.1. The van der Waals surface area contributed by atoms with Crippen LogP contribution in [0.5, 0.6) is 11.8 Å². The maximum absolute atomic E-state index is 11.9. The Kier molecular flexibility index (Phi) is 5.00. The molecule has 0 aliphatic carbocycles. The van der Waals surface area contributed by atoms with Crippen molar-refractivity contribution in [1.29, 1.82) is 0 Å². The van der Waals surface area contributed by atoms with E-state index < -0.39 is 5.69 Å². The van der Waals surface area contributed by atoms with Crippen LogP contribution in [0.3, 0.4) is 0 Å². The molecule has 0 atom stereocenters. The van der Waals surface area contributed by atoms with E-state index in [-0.39, 0.29) is 6.61 Å². The highest BCUT2D eigenvalue weighted by Gasteiger charge is 2.14. The van der Waals surface area contributed by atoms with Crippen molar-refractivity contribution in [2.75, 3.05) is 7.11 Å². The van der Waals surface area contributed by atoms with Crippen LogP contribution < -0.4 is 15.2 Å². The predicted octanol–water partition coefficient (Wildman–Crippen LogP) is 2.09. The molecule has 11 heteroatoms. The zero-order valence-electron chi connectivity index (χ0n) is 15.5. The summed E-state index contributed by atoms with van der Waals surface area (Å²) in [5.41, 5.74) is 2.52. The maximum Gasteiger partial charge on any atom is 0.365 e. The van der Waals surface area contributed by atoms with E-state index in [9.17, 15) is 4.79 Å². The Morgan fingerprint density at radius 1 is 1.17 bits per heavy atom. The van der Waals surface area contributed by atoms with E-state index in [4.69, 9.17) is 21.1 Å². The van der Waals surface area contributed by atoms with Gasteiger partial charge in [0, 0.05) is 17.8 Å². The lowest BCUT2D eigenvalue weighted by molar-refractivity contribution is 0.290. The lowest BCUT2D eigenvalue weighted by atomic mass is 10.1. The van der Waals surface area contributed by atoms with Crippen molar-refractivity contribution in [2.24, 2.45) is 0 Å². The second kappa shape index (κ2) is 7.76. The summed E-state index contributed by atoms with van der Waals surface area (Å²) in [5, 5.41) is 14.4. The number of nitrogens with one attached hydrogen (secondary N) is 1. The van der Waals surface area contributed by atoms with Crippen molar-refractivity contribution in [1.82, 2.24) is 35.0 Å². The molecule has 0 saturated carbocycles. The molecule has 0 bridgehead atoms. The third-order valence-corrected chi connectivity index (χ3v) is 4.47. The Morgan fingerprint density at radius 2 is 2.03 bits per heavy atom.